The first-order valence-corrected chi connectivity index (χ1v) is 8.57. The van der Waals surface area contributed by atoms with Gasteiger partial charge in [0.2, 0.25) is 5.88 Å². The molecule has 3 heterocycles. The maximum absolute atomic E-state index is 13.1. The fourth-order valence-electron chi connectivity index (χ4n) is 2.46. The standard InChI is InChI=1S/C18H17F3N6O3/c1-30-16-5-4-13(8-23-16)27-14(6-15(26-27)18(19,20)21)9-24-17(29)25-11-2-3-12(10-28)22-7-11/h2-8,28H,9-10H2,1H3,(H2,24,25,29). The van der Waals surface area contributed by atoms with Gasteiger partial charge in [-0.2, -0.15) is 18.3 Å². The molecule has 12 heteroatoms. The van der Waals surface area contributed by atoms with Crippen LogP contribution >= 0.6 is 0 Å². The van der Waals surface area contributed by atoms with Crippen LogP contribution in [0.2, 0.25) is 0 Å². The first-order valence-electron chi connectivity index (χ1n) is 8.57. The van der Waals surface area contributed by atoms with Crippen molar-refractivity contribution >= 4 is 11.7 Å². The first kappa shape index (κ1) is 21.0. The van der Waals surface area contributed by atoms with Gasteiger partial charge in [0.05, 0.1) is 55.4 Å². The molecule has 0 aliphatic carbocycles. The summed E-state index contributed by atoms with van der Waals surface area (Å²) in [6.45, 7) is -0.471. The lowest BCUT2D eigenvalue weighted by molar-refractivity contribution is -0.141. The summed E-state index contributed by atoms with van der Waals surface area (Å²) in [5, 5.41) is 17.5. The number of ether oxygens (including phenoxy) is 1. The number of anilines is 1. The van der Waals surface area contributed by atoms with E-state index in [4.69, 9.17) is 9.84 Å². The average Bonchev–Trinajstić information content (AvgIpc) is 3.18. The van der Waals surface area contributed by atoms with Gasteiger partial charge in [0.1, 0.15) is 0 Å². The number of nitrogens with one attached hydrogen (secondary N) is 2. The Morgan fingerprint density at radius 2 is 2.00 bits per heavy atom. The topological polar surface area (TPSA) is 114 Å². The highest BCUT2D eigenvalue weighted by atomic mass is 19.4. The Morgan fingerprint density at radius 1 is 1.20 bits per heavy atom. The van der Waals surface area contributed by atoms with Crippen molar-refractivity contribution in [2.24, 2.45) is 0 Å². The van der Waals surface area contributed by atoms with Crippen LogP contribution in [0.25, 0.3) is 5.69 Å². The van der Waals surface area contributed by atoms with Crippen LogP contribution in [0, 0.1) is 0 Å². The van der Waals surface area contributed by atoms with Gasteiger partial charge in [-0.05, 0) is 24.3 Å². The maximum Gasteiger partial charge on any atom is 0.435 e. The van der Waals surface area contributed by atoms with E-state index in [9.17, 15) is 18.0 Å². The van der Waals surface area contributed by atoms with Crippen molar-refractivity contribution in [3.05, 3.63) is 59.8 Å². The minimum absolute atomic E-state index is 0.0956. The van der Waals surface area contributed by atoms with Crippen LogP contribution in [0.3, 0.4) is 0 Å². The molecule has 0 bridgehead atoms. The molecule has 158 valence electrons. The minimum Gasteiger partial charge on any atom is -0.481 e. The number of halogens is 3. The largest absolute Gasteiger partial charge is 0.481 e. The van der Waals surface area contributed by atoms with Crippen LogP contribution in [-0.4, -0.2) is 38.0 Å². The summed E-state index contributed by atoms with van der Waals surface area (Å²) in [6, 6.07) is 6.24. The fraction of sp³-hybridized carbons (Fsp3) is 0.222. The zero-order chi connectivity index (χ0) is 21.7. The lowest BCUT2D eigenvalue weighted by Crippen LogP contribution is -2.29. The van der Waals surface area contributed by atoms with Gasteiger partial charge < -0.3 is 20.5 Å². The molecule has 0 aliphatic rings. The second-order valence-corrected chi connectivity index (χ2v) is 5.99. The number of carbonyl (C=O) groups is 1. The molecule has 0 unspecified atom stereocenters. The summed E-state index contributed by atoms with van der Waals surface area (Å²) >= 11 is 0. The first-order chi connectivity index (χ1) is 14.3. The molecule has 0 atom stereocenters. The smallest absolute Gasteiger partial charge is 0.435 e. The molecular weight excluding hydrogens is 405 g/mol. The molecule has 0 saturated heterocycles. The number of pyridine rings is 2. The molecule has 9 nitrogen and oxygen atoms in total. The van der Waals surface area contributed by atoms with E-state index in [0.717, 1.165) is 10.7 Å². The van der Waals surface area contributed by atoms with Crippen LogP contribution in [0.15, 0.2) is 42.7 Å². The molecular formula is C18H17F3N6O3. The van der Waals surface area contributed by atoms with E-state index in [1.165, 1.54) is 43.8 Å². The number of aromatic nitrogens is 4. The SMILES string of the molecule is COc1ccc(-n2nc(C(F)(F)F)cc2CNC(=O)Nc2ccc(CO)nc2)cn1. The fourth-order valence-corrected chi connectivity index (χ4v) is 2.46. The van der Waals surface area contributed by atoms with Gasteiger partial charge in [-0.25, -0.2) is 14.5 Å². The predicted octanol–water partition coefficient (Wildman–Crippen LogP) is 2.50. The number of hydrogen-bond donors (Lipinski definition) is 3. The highest BCUT2D eigenvalue weighted by molar-refractivity contribution is 5.88. The third-order valence-corrected chi connectivity index (χ3v) is 3.92. The highest BCUT2D eigenvalue weighted by Crippen LogP contribution is 2.29. The summed E-state index contributed by atoms with van der Waals surface area (Å²) in [5.74, 6) is 0.293. The second-order valence-electron chi connectivity index (χ2n) is 5.99. The van der Waals surface area contributed by atoms with Crippen molar-refractivity contribution in [1.82, 2.24) is 25.1 Å². The Morgan fingerprint density at radius 3 is 2.57 bits per heavy atom. The number of amides is 2. The molecule has 30 heavy (non-hydrogen) atoms. The number of aliphatic hydroxyl groups excluding tert-OH is 1. The Bertz CT molecular complexity index is 1000. The molecule has 0 aromatic carbocycles. The van der Waals surface area contributed by atoms with E-state index in [0.29, 0.717) is 17.3 Å². The lowest BCUT2D eigenvalue weighted by atomic mass is 10.3. The van der Waals surface area contributed by atoms with E-state index < -0.39 is 17.9 Å². The van der Waals surface area contributed by atoms with Gasteiger partial charge in [-0.15, -0.1) is 0 Å². The lowest BCUT2D eigenvalue weighted by Gasteiger charge is -2.10. The quantitative estimate of drug-likeness (QED) is 0.563. The maximum atomic E-state index is 13.1. The number of urea groups is 1. The molecule has 2 amide bonds. The summed E-state index contributed by atoms with van der Waals surface area (Å²) in [5.41, 5.74) is 0.0518. The van der Waals surface area contributed by atoms with Gasteiger partial charge in [-0.1, -0.05) is 0 Å². The van der Waals surface area contributed by atoms with Gasteiger partial charge in [0, 0.05) is 6.07 Å². The summed E-state index contributed by atoms with van der Waals surface area (Å²) in [4.78, 5) is 20.0. The van der Waals surface area contributed by atoms with E-state index >= 15 is 0 Å². The summed E-state index contributed by atoms with van der Waals surface area (Å²) in [6.07, 6.45) is -1.99. The van der Waals surface area contributed by atoms with E-state index in [-0.39, 0.29) is 24.5 Å². The number of carbonyl (C=O) groups excluding carboxylic acids is 1. The number of aliphatic hydroxyl groups is 1. The molecule has 0 aliphatic heterocycles. The number of methoxy groups -OCH3 is 1. The van der Waals surface area contributed by atoms with Crippen molar-refractivity contribution in [1.29, 1.82) is 0 Å². The normalized spacial score (nSPS) is 11.2. The average molecular weight is 422 g/mol. The second kappa shape index (κ2) is 8.78. The Hall–Kier alpha value is -3.67. The van der Waals surface area contributed by atoms with Crippen molar-refractivity contribution < 1.29 is 27.8 Å². The van der Waals surface area contributed by atoms with Gasteiger partial charge in [-0.3, -0.25) is 4.98 Å². The monoisotopic (exact) mass is 422 g/mol. The molecule has 0 saturated carbocycles. The Balaban J connectivity index is 1.76. The van der Waals surface area contributed by atoms with Crippen LogP contribution < -0.4 is 15.4 Å². The van der Waals surface area contributed by atoms with E-state index in [2.05, 4.69) is 25.7 Å². The minimum atomic E-state index is -4.65. The van der Waals surface area contributed by atoms with E-state index in [1.54, 1.807) is 0 Å². The molecule has 3 rings (SSSR count). The molecule has 0 radical (unpaired) electrons. The van der Waals surface area contributed by atoms with Gasteiger partial charge in [0.25, 0.3) is 0 Å². The molecule has 3 aromatic rings. The zero-order valence-electron chi connectivity index (χ0n) is 15.6. The summed E-state index contributed by atoms with van der Waals surface area (Å²) < 4.78 is 45.4. The van der Waals surface area contributed by atoms with E-state index in [1.807, 2.05) is 0 Å². The van der Waals surface area contributed by atoms with Crippen LogP contribution in [-0.2, 0) is 19.3 Å². The number of hydrogen-bond acceptors (Lipinski definition) is 6. The van der Waals surface area contributed by atoms with Gasteiger partial charge >= 0.3 is 12.2 Å². The number of rotatable bonds is 6. The number of nitrogens with zero attached hydrogens (tertiary/aromatic N) is 4. The Kier molecular flexibility index (Phi) is 6.16. The predicted molar refractivity (Wildman–Crippen MR) is 98.9 cm³/mol. The van der Waals surface area contributed by atoms with Crippen LogP contribution in [0.1, 0.15) is 17.1 Å². The third-order valence-electron chi connectivity index (χ3n) is 3.92. The zero-order valence-corrected chi connectivity index (χ0v) is 15.6. The van der Waals surface area contributed by atoms with Crippen molar-refractivity contribution in [2.75, 3.05) is 12.4 Å². The highest BCUT2D eigenvalue weighted by Gasteiger charge is 2.35. The molecule has 0 fully saturated rings. The van der Waals surface area contributed by atoms with Crippen molar-refractivity contribution in [3.8, 4) is 11.6 Å². The van der Waals surface area contributed by atoms with Crippen LogP contribution in [0.5, 0.6) is 5.88 Å². The third kappa shape index (κ3) is 5.03. The summed E-state index contributed by atoms with van der Waals surface area (Å²) in [7, 11) is 1.42. The Labute approximate surface area is 168 Å². The molecule has 3 aromatic heterocycles. The van der Waals surface area contributed by atoms with Gasteiger partial charge in [0.15, 0.2) is 5.69 Å². The molecule has 3 N–H and O–H groups in total. The van der Waals surface area contributed by atoms with Crippen molar-refractivity contribution in [2.45, 2.75) is 19.3 Å². The van der Waals surface area contributed by atoms with Crippen molar-refractivity contribution in [3.63, 3.8) is 0 Å². The number of alkyl halides is 3. The van der Waals surface area contributed by atoms with Crippen LogP contribution in [0.4, 0.5) is 23.7 Å². The molecule has 0 spiro atoms.